The van der Waals surface area contributed by atoms with Crippen LogP contribution in [0.1, 0.15) is 11.1 Å². The highest BCUT2D eigenvalue weighted by Gasteiger charge is 2.16. The van der Waals surface area contributed by atoms with Crippen molar-refractivity contribution in [2.45, 2.75) is 13.2 Å². The SMILES string of the molecule is OCc1cnn2c(-c3ccccc3)c(-c3ccc(OCc4ccccc4)cc3)cnc12. The number of hydrogen-bond acceptors (Lipinski definition) is 4. The van der Waals surface area contributed by atoms with Crippen molar-refractivity contribution in [3.05, 3.63) is 108 Å². The minimum Gasteiger partial charge on any atom is -0.489 e. The van der Waals surface area contributed by atoms with E-state index in [2.05, 4.69) is 22.2 Å². The van der Waals surface area contributed by atoms with Gasteiger partial charge in [-0.1, -0.05) is 72.8 Å². The summed E-state index contributed by atoms with van der Waals surface area (Å²) in [7, 11) is 0. The largest absolute Gasteiger partial charge is 0.489 e. The van der Waals surface area contributed by atoms with Crippen LogP contribution in [0.4, 0.5) is 0 Å². The minimum atomic E-state index is -0.0997. The zero-order valence-corrected chi connectivity index (χ0v) is 16.8. The summed E-state index contributed by atoms with van der Waals surface area (Å²) in [6, 6.07) is 28.2. The van der Waals surface area contributed by atoms with Crippen molar-refractivity contribution in [3.63, 3.8) is 0 Å². The molecule has 0 aliphatic carbocycles. The van der Waals surface area contributed by atoms with Gasteiger partial charge in [-0.15, -0.1) is 0 Å². The number of aliphatic hydroxyl groups excluding tert-OH is 1. The number of rotatable bonds is 6. The summed E-state index contributed by atoms with van der Waals surface area (Å²) >= 11 is 0. The maximum absolute atomic E-state index is 9.63. The minimum absolute atomic E-state index is 0.0997. The van der Waals surface area contributed by atoms with Gasteiger partial charge < -0.3 is 9.84 Å². The Labute approximate surface area is 180 Å². The zero-order valence-electron chi connectivity index (χ0n) is 16.8. The Hall–Kier alpha value is -3.96. The molecule has 31 heavy (non-hydrogen) atoms. The van der Waals surface area contributed by atoms with Crippen LogP contribution in [0.3, 0.4) is 0 Å². The van der Waals surface area contributed by atoms with Crippen molar-refractivity contribution in [3.8, 4) is 28.1 Å². The first-order valence-electron chi connectivity index (χ1n) is 10.1. The summed E-state index contributed by atoms with van der Waals surface area (Å²) < 4.78 is 7.73. The third kappa shape index (κ3) is 3.79. The summed E-state index contributed by atoms with van der Waals surface area (Å²) in [5.41, 5.74) is 6.43. The van der Waals surface area contributed by atoms with Gasteiger partial charge in [-0.05, 0) is 23.3 Å². The summed E-state index contributed by atoms with van der Waals surface area (Å²) in [6.07, 6.45) is 3.51. The van der Waals surface area contributed by atoms with Crippen LogP contribution in [0.25, 0.3) is 28.0 Å². The molecule has 5 heteroatoms. The van der Waals surface area contributed by atoms with Crippen LogP contribution in [0, 0.1) is 0 Å². The molecule has 5 rings (SSSR count). The summed E-state index contributed by atoms with van der Waals surface area (Å²) in [5, 5.41) is 14.1. The Morgan fingerprint density at radius 1 is 0.774 bits per heavy atom. The maximum Gasteiger partial charge on any atom is 0.161 e. The highest BCUT2D eigenvalue weighted by atomic mass is 16.5. The van der Waals surface area contributed by atoms with Gasteiger partial charge in [0.2, 0.25) is 0 Å². The molecule has 0 radical (unpaired) electrons. The van der Waals surface area contributed by atoms with Gasteiger partial charge in [0.15, 0.2) is 5.65 Å². The molecule has 2 aromatic heterocycles. The van der Waals surface area contributed by atoms with Crippen LogP contribution in [0.5, 0.6) is 5.75 Å². The van der Waals surface area contributed by atoms with Crippen molar-refractivity contribution in [1.29, 1.82) is 0 Å². The quantitative estimate of drug-likeness (QED) is 0.424. The summed E-state index contributed by atoms with van der Waals surface area (Å²) in [4.78, 5) is 4.58. The second-order valence-electron chi connectivity index (χ2n) is 7.25. The Morgan fingerprint density at radius 2 is 1.48 bits per heavy atom. The first kappa shape index (κ1) is 19.0. The van der Waals surface area contributed by atoms with E-state index in [0.717, 1.165) is 33.7 Å². The molecule has 5 aromatic rings. The van der Waals surface area contributed by atoms with E-state index in [9.17, 15) is 5.11 Å². The number of hydrogen-bond donors (Lipinski definition) is 1. The Kier molecular flexibility index (Phi) is 5.17. The molecule has 0 saturated carbocycles. The van der Waals surface area contributed by atoms with Crippen LogP contribution in [0.2, 0.25) is 0 Å². The van der Waals surface area contributed by atoms with Crippen LogP contribution >= 0.6 is 0 Å². The van der Waals surface area contributed by atoms with Gasteiger partial charge in [-0.25, -0.2) is 9.50 Å². The number of ether oxygens (including phenoxy) is 1. The molecule has 5 nitrogen and oxygen atoms in total. The molecule has 1 N–H and O–H groups in total. The Morgan fingerprint density at radius 3 is 2.19 bits per heavy atom. The number of aromatic nitrogens is 3. The molecule has 2 heterocycles. The van der Waals surface area contributed by atoms with E-state index in [1.165, 1.54) is 0 Å². The fraction of sp³-hybridized carbons (Fsp3) is 0.0769. The van der Waals surface area contributed by atoms with Crippen molar-refractivity contribution >= 4 is 5.65 Å². The van der Waals surface area contributed by atoms with Gasteiger partial charge in [-0.2, -0.15) is 5.10 Å². The van der Waals surface area contributed by atoms with E-state index >= 15 is 0 Å². The molecule has 152 valence electrons. The molecule has 0 unspecified atom stereocenters. The number of fused-ring (bicyclic) bond motifs is 1. The van der Waals surface area contributed by atoms with Crippen LogP contribution in [-0.4, -0.2) is 19.7 Å². The smallest absolute Gasteiger partial charge is 0.161 e. The second kappa shape index (κ2) is 8.42. The first-order chi connectivity index (χ1) is 15.3. The summed E-state index contributed by atoms with van der Waals surface area (Å²) in [6.45, 7) is 0.428. The van der Waals surface area contributed by atoms with E-state index in [0.29, 0.717) is 17.8 Å². The van der Waals surface area contributed by atoms with E-state index < -0.39 is 0 Å². The Balaban J connectivity index is 1.52. The van der Waals surface area contributed by atoms with E-state index in [4.69, 9.17) is 4.74 Å². The molecule has 0 saturated heterocycles. The van der Waals surface area contributed by atoms with Gasteiger partial charge >= 0.3 is 0 Å². The maximum atomic E-state index is 9.63. The van der Waals surface area contributed by atoms with Crippen molar-refractivity contribution in [2.75, 3.05) is 0 Å². The zero-order chi connectivity index (χ0) is 21.0. The lowest BCUT2D eigenvalue weighted by atomic mass is 10.0. The van der Waals surface area contributed by atoms with Crippen LogP contribution in [-0.2, 0) is 13.2 Å². The molecule has 0 amide bonds. The van der Waals surface area contributed by atoms with Gasteiger partial charge in [0.05, 0.1) is 18.5 Å². The third-order valence-corrected chi connectivity index (χ3v) is 5.23. The van der Waals surface area contributed by atoms with Crippen LogP contribution in [0.15, 0.2) is 97.3 Å². The van der Waals surface area contributed by atoms with E-state index in [1.807, 2.05) is 79.0 Å². The van der Waals surface area contributed by atoms with Crippen molar-refractivity contribution in [1.82, 2.24) is 14.6 Å². The monoisotopic (exact) mass is 407 g/mol. The third-order valence-electron chi connectivity index (χ3n) is 5.23. The number of aliphatic hydroxyl groups is 1. The standard InChI is InChI=1S/C26H21N3O2/c30-17-22-15-28-29-25(21-9-5-2-6-10-21)24(16-27-26(22)29)20-11-13-23(14-12-20)31-18-19-7-3-1-4-8-19/h1-16,30H,17-18H2. The van der Waals surface area contributed by atoms with Crippen molar-refractivity contribution in [2.24, 2.45) is 0 Å². The molecule has 0 fully saturated rings. The van der Waals surface area contributed by atoms with Gasteiger partial charge in [0, 0.05) is 22.9 Å². The lowest BCUT2D eigenvalue weighted by molar-refractivity contribution is 0.283. The predicted molar refractivity (Wildman–Crippen MR) is 121 cm³/mol. The number of nitrogens with zero attached hydrogens (tertiary/aromatic N) is 3. The predicted octanol–water partition coefficient (Wildman–Crippen LogP) is 5.13. The Bertz CT molecular complexity index is 1300. The van der Waals surface area contributed by atoms with E-state index in [-0.39, 0.29) is 6.61 Å². The molecular weight excluding hydrogens is 386 g/mol. The highest BCUT2D eigenvalue weighted by molar-refractivity contribution is 5.82. The fourth-order valence-electron chi connectivity index (χ4n) is 3.65. The molecule has 3 aromatic carbocycles. The molecule has 0 bridgehead atoms. The molecule has 0 atom stereocenters. The van der Waals surface area contributed by atoms with Gasteiger partial charge in [0.25, 0.3) is 0 Å². The van der Waals surface area contributed by atoms with E-state index in [1.54, 1.807) is 10.7 Å². The lowest BCUT2D eigenvalue weighted by Gasteiger charge is -2.13. The van der Waals surface area contributed by atoms with Gasteiger partial charge in [-0.3, -0.25) is 0 Å². The molecule has 0 aliphatic rings. The van der Waals surface area contributed by atoms with Gasteiger partial charge in [0.1, 0.15) is 12.4 Å². The van der Waals surface area contributed by atoms with Crippen molar-refractivity contribution < 1.29 is 9.84 Å². The molecule has 0 aliphatic heterocycles. The fourth-order valence-corrected chi connectivity index (χ4v) is 3.65. The average molecular weight is 407 g/mol. The van der Waals surface area contributed by atoms with Crippen LogP contribution < -0.4 is 4.74 Å². The first-order valence-corrected chi connectivity index (χ1v) is 10.1. The molecular formula is C26H21N3O2. The lowest BCUT2D eigenvalue weighted by Crippen LogP contribution is -2.00. The number of benzene rings is 3. The molecule has 0 spiro atoms. The topological polar surface area (TPSA) is 59.7 Å². The normalized spacial score (nSPS) is 11.0. The summed E-state index contributed by atoms with van der Waals surface area (Å²) in [5.74, 6) is 0.810. The average Bonchev–Trinajstić information content (AvgIpc) is 3.27. The second-order valence-corrected chi connectivity index (χ2v) is 7.25. The highest BCUT2D eigenvalue weighted by Crippen LogP contribution is 2.33.